The molecule has 0 saturated heterocycles. The number of carbonyl (C=O) groups excluding carboxylic acids is 1. The molecule has 0 N–H and O–H groups in total. The molecule has 0 heterocycles. The predicted octanol–water partition coefficient (Wildman–Crippen LogP) is 4.54. The molecule has 0 unspecified atom stereocenters. The summed E-state index contributed by atoms with van der Waals surface area (Å²) in [4.78, 5) is 13.2. The van der Waals surface area contributed by atoms with Crippen molar-refractivity contribution in [2.45, 2.75) is 40.5 Å². The fourth-order valence-corrected chi connectivity index (χ4v) is 2.12. The van der Waals surface area contributed by atoms with Gasteiger partial charge >= 0.3 is 0 Å². The Morgan fingerprint density at radius 1 is 1.10 bits per heavy atom. The lowest BCUT2D eigenvalue weighted by Gasteiger charge is -2.28. The number of hydrogen-bond donors (Lipinski definition) is 0. The molecule has 3 heteroatoms. The molecular weight excluding hydrogens is 253 g/mol. The third-order valence-corrected chi connectivity index (χ3v) is 3.41. The third kappa shape index (κ3) is 4.95. The lowest BCUT2D eigenvalue weighted by Crippen LogP contribution is -2.29. The lowest BCUT2D eigenvalue weighted by atomic mass is 10.1. The standard InChI is InChI=1S/C17H26FNO/c1-13(2)8-10-19(11-9-14(3)4)17-15(12-20)6-5-7-16(17)18/h5-7,12-14H,8-11H2,1-4H3. The Morgan fingerprint density at radius 2 is 1.65 bits per heavy atom. The van der Waals surface area contributed by atoms with Gasteiger partial charge in [0.05, 0.1) is 5.69 Å². The maximum atomic E-state index is 14.1. The van der Waals surface area contributed by atoms with Gasteiger partial charge < -0.3 is 4.90 Å². The van der Waals surface area contributed by atoms with Crippen LogP contribution in [0.5, 0.6) is 0 Å². The van der Waals surface area contributed by atoms with Crippen LogP contribution in [0.15, 0.2) is 18.2 Å². The normalized spacial score (nSPS) is 11.2. The predicted molar refractivity (Wildman–Crippen MR) is 82.9 cm³/mol. The Labute approximate surface area is 122 Å². The molecule has 1 aromatic rings. The molecule has 20 heavy (non-hydrogen) atoms. The summed E-state index contributed by atoms with van der Waals surface area (Å²) in [6.07, 6.45) is 2.73. The van der Waals surface area contributed by atoms with Crippen LogP contribution in [0.25, 0.3) is 0 Å². The number of nitrogens with zero attached hydrogens (tertiary/aromatic N) is 1. The number of hydrogen-bond acceptors (Lipinski definition) is 2. The summed E-state index contributed by atoms with van der Waals surface area (Å²) in [6.45, 7) is 10.2. The van der Waals surface area contributed by atoms with Crippen molar-refractivity contribution in [3.63, 3.8) is 0 Å². The Balaban J connectivity index is 2.98. The fraction of sp³-hybridized carbons (Fsp3) is 0.588. The number of para-hydroxylation sites is 1. The molecule has 0 atom stereocenters. The molecule has 1 rings (SSSR count). The first kappa shape index (κ1) is 16.7. The Kier molecular flexibility index (Phi) is 6.69. The van der Waals surface area contributed by atoms with E-state index in [4.69, 9.17) is 0 Å². The van der Waals surface area contributed by atoms with Crippen LogP contribution in [0.3, 0.4) is 0 Å². The van der Waals surface area contributed by atoms with E-state index in [1.54, 1.807) is 12.1 Å². The van der Waals surface area contributed by atoms with Gasteiger partial charge in [0.25, 0.3) is 0 Å². The molecule has 0 radical (unpaired) electrons. The average Bonchev–Trinajstić information content (AvgIpc) is 2.39. The average molecular weight is 279 g/mol. The van der Waals surface area contributed by atoms with E-state index < -0.39 is 0 Å². The van der Waals surface area contributed by atoms with Gasteiger partial charge in [-0.25, -0.2) is 4.39 Å². The summed E-state index contributed by atoms with van der Waals surface area (Å²) >= 11 is 0. The molecule has 0 aliphatic heterocycles. The zero-order valence-electron chi connectivity index (χ0n) is 13.0. The van der Waals surface area contributed by atoms with Crippen LogP contribution in [0.1, 0.15) is 50.9 Å². The third-order valence-electron chi connectivity index (χ3n) is 3.41. The van der Waals surface area contributed by atoms with Crippen molar-refractivity contribution in [1.29, 1.82) is 0 Å². The Morgan fingerprint density at radius 3 is 2.10 bits per heavy atom. The molecule has 1 aromatic carbocycles. The van der Waals surface area contributed by atoms with Gasteiger partial charge in [-0.3, -0.25) is 4.79 Å². The summed E-state index contributed by atoms with van der Waals surface area (Å²) in [5.41, 5.74) is 0.904. The first-order chi connectivity index (χ1) is 9.45. The quantitative estimate of drug-likeness (QED) is 0.651. The van der Waals surface area contributed by atoms with Crippen molar-refractivity contribution in [3.8, 4) is 0 Å². The van der Waals surface area contributed by atoms with Gasteiger partial charge in [0.15, 0.2) is 6.29 Å². The number of halogens is 1. The monoisotopic (exact) mass is 279 g/mol. The van der Waals surface area contributed by atoms with Gasteiger partial charge in [0.1, 0.15) is 5.82 Å². The molecule has 0 aliphatic carbocycles. The molecule has 0 fully saturated rings. The summed E-state index contributed by atoms with van der Waals surface area (Å²) in [7, 11) is 0. The van der Waals surface area contributed by atoms with E-state index in [1.165, 1.54) is 6.07 Å². The fourth-order valence-electron chi connectivity index (χ4n) is 2.12. The van der Waals surface area contributed by atoms with Crippen LogP contribution in [0, 0.1) is 17.7 Å². The van der Waals surface area contributed by atoms with Gasteiger partial charge in [-0.1, -0.05) is 33.8 Å². The molecule has 0 aliphatic rings. The number of rotatable bonds is 8. The zero-order valence-corrected chi connectivity index (χ0v) is 13.0. The van der Waals surface area contributed by atoms with Crippen molar-refractivity contribution < 1.29 is 9.18 Å². The minimum Gasteiger partial charge on any atom is -0.369 e. The van der Waals surface area contributed by atoms with Gasteiger partial charge in [-0.15, -0.1) is 0 Å². The number of benzene rings is 1. The summed E-state index contributed by atoms with van der Waals surface area (Å²) in [5, 5.41) is 0. The molecule has 0 spiro atoms. The van der Waals surface area contributed by atoms with E-state index in [9.17, 15) is 9.18 Å². The molecular formula is C17H26FNO. The van der Waals surface area contributed by atoms with Crippen LogP contribution < -0.4 is 4.90 Å². The number of aldehydes is 1. The van der Waals surface area contributed by atoms with E-state index in [-0.39, 0.29) is 5.82 Å². The van der Waals surface area contributed by atoms with E-state index in [0.717, 1.165) is 32.2 Å². The van der Waals surface area contributed by atoms with Crippen molar-refractivity contribution in [2.24, 2.45) is 11.8 Å². The summed E-state index contributed by atoms with van der Waals surface area (Å²) in [6, 6.07) is 4.70. The maximum absolute atomic E-state index is 14.1. The van der Waals surface area contributed by atoms with Crippen LogP contribution in [0.4, 0.5) is 10.1 Å². The Bertz CT molecular complexity index is 417. The van der Waals surface area contributed by atoms with Crippen LogP contribution in [-0.2, 0) is 0 Å². The van der Waals surface area contributed by atoms with E-state index in [0.29, 0.717) is 23.1 Å². The van der Waals surface area contributed by atoms with Crippen LogP contribution >= 0.6 is 0 Å². The highest BCUT2D eigenvalue weighted by molar-refractivity contribution is 5.84. The summed E-state index contributed by atoms with van der Waals surface area (Å²) < 4.78 is 14.1. The van der Waals surface area contributed by atoms with Crippen molar-refractivity contribution in [2.75, 3.05) is 18.0 Å². The highest BCUT2D eigenvalue weighted by atomic mass is 19.1. The highest BCUT2D eigenvalue weighted by Crippen LogP contribution is 2.25. The second-order valence-corrected chi connectivity index (χ2v) is 6.15. The van der Waals surface area contributed by atoms with E-state index in [1.807, 2.05) is 4.90 Å². The molecule has 0 saturated carbocycles. The van der Waals surface area contributed by atoms with Crippen molar-refractivity contribution >= 4 is 12.0 Å². The molecule has 0 amide bonds. The molecule has 2 nitrogen and oxygen atoms in total. The second kappa shape index (κ2) is 8.03. The number of anilines is 1. The van der Waals surface area contributed by atoms with Crippen LogP contribution in [0.2, 0.25) is 0 Å². The SMILES string of the molecule is CC(C)CCN(CCC(C)C)c1c(F)cccc1C=O. The topological polar surface area (TPSA) is 20.3 Å². The Hall–Kier alpha value is -1.38. The molecule has 0 aromatic heterocycles. The van der Waals surface area contributed by atoms with Gasteiger partial charge in [-0.05, 0) is 36.8 Å². The highest BCUT2D eigenvalue weighted by Gasteiger charge is 2.16. The van der Waals surface area contributed by atoms with Gasteiger partial charge in [-0.2, -0.15) is 0 Å². The number of carbonyl (C=O) groups is 1. The zero-order chi connectivity index (χ0) is 15.1. The summed E-state index contributed by atoms with van der Waals surface area (Å²) in [5.74, 6) is 0.813. The molecule has 112 valence electrons. The van der Waals surface area contributed by atoms with E-state index >= 15 is 0 Å². The maximum Gasteiger partial charge on any atom is 0.152 e. The van der Waals surface area contributed by atoms with Crippen molar-refractivity contribution in [3.05, 3.63) is 29.6 Å². The first-order valence-electron chi connectivity index (χ1n) is 7.44. The lowest BCUT2D eigenvalue weighted by molar-refractivity contribution is 0.112. The largest absolute Gasteiger partial charge is 0.369 e. The molecule has 0 bridgehead atoms. The van der Waals surface area contributed by atoms with Gasteiger partial charge in [0.2, 0.25) is 0 Å². The second-order valence-electron chi connectivity index (χ2n) is 6.15. The first-order valence-corrected chi connectivity index (χ1v) is 7.44. The van der Waals surface area contributed by atoms with Crippen molar-refractivity contribution in [1.82, 2.24) is 0 Å². The smallest absolute Gasteiger partial charge is 0.152 e. The van der Waals surface area contributed by atoms with Gasteiger partial charge in [0, 0.05) is 18.7 Å². The minimum atomic E-state index is -0.304. The minimum absolute atomic E-state index is 0.304. The van der Waals surface area contributed by atoms with E-state index in [2.05, 4.69) is 27.7 Å². The van der Waals surface area contributed by atoms with Crippen LogP contribution in [-0.4, -0.2) is 19.4 Å².